The van der Waals surface area contributed by atoms with E-state index in [1.807, 2.05) is 80.6 Å². The van der Waals surface area contributed by atoms with Gasteiger partial charge in [-0.3, -0.25) is 4.79 Å². The number of benzene rings is 3. The van der Waals surface area contributed by atoms with Gasteiger partial charge in [-0.05, 0) is 55.2 Å². The van der Waals surface area contributed by atoms with Crippen molar-refractivity contribution in [2.24, 2.45) is 0 Å². The Hall–Kier alpha value is -3.40. The van der Waals surface area contributed by atoms with Gasteiger partial charge in [-0.25, -0.2) is 4.79 Å². The number of hydrogen-bond acceptors (Lipinski definition) is 4. The van der Waals surface area contributed by atoms with Crippen LogP contribution in [0.2, 0.25) is 0 Å². The molecule has 0 fully saturated rings. The van der Waals surface area contributed by atoms with Gasteiger partial charge >= 0.3 is 5.97 Å². The van der Waals surface area contributed by atoms with Crippen molar-refractivity contribution in [2.75, 3.05) is 6.61 Å². The number of para-hydroxylation sites is 1. The summed E-state index contributed by atoms with van der Waals surface area (Å²) in [6, 6.07) is 23.1. The molecule has 0 radical (unpaired) electrons. The first-order valence-corrected chi connectivity index (χ1v) is 9.99. The summed E-state index contributed by atoms with van der Waals surface area (Å²) in [6.07, 6.45) is -0.170. The van der Waals surface area contributed by atoms with Gasteiger partial charge in [-0.1, -0.05) is 60.7 Å². The van der Waals surface area contributed by atoms with Crippen molar-refractivity contribution in [3.05, 3.63) is 101 Å². The van der Waals surface area contributed by atoms with Gasteiger partial charge in [0.2, 0.25) is 5.78 Å². The topological polar surface area (TPSA) is 52.6 Å². The standard InChI is InChI=1S/C26H26O4/c1-18-13-14-23(15-19(18)2)26(28)20(3)30-25(27)17-29-24-12-8-7-11-22(24)16-21-9-5-4-6-10-21/h4-15,20H,16-17H2,1-3H3/t20-/m0/s1. The average molecular weight is 402 g/mol. The van der Waals surface area contributed by atoms with Crippen LogP contribution in [0.25, 0.3) is 0 Å². The van der Waals surface area contributed by atoms with Gasteiger partial charge in [0.15, 0.2) is 12.7 Å². The van der Waals surface area contributed by atoms with Crippen LogP contribution in [0.1, 0.15) is 39.5 Å². The molecule has 0 unspecified atom stereocenters. The van der Waals surface area contributed by atoms with Crippen LogP contribution >= 0.6 is 0 Å². The first-order valence-electron chi connectivity index (χ1n) is 9.99. The molecule has 154 valence electrons. The monoisotopic (exact) mass is 402 g/mol. The fourth-order valence-corrected chi connectivity index (χ4v) is 3.16. The lowest BCUT2D eigenvalue weighted by atomic mass is 10.0. The van der Waals surface area contributed by atoms with Crippen LogP contribution in [0.3, 0.4) is 0 Å². The second-order valence-corrected chi connectivity index (χ2v) is 7.35. The molecule has 0 spiro atoms. The summed E-state index contributed by atoms with van der Waals surface area (Å²) in [5.74, 6) is -0.170. The van der Waals surface area contributed by atoms with Crippen LogP contribution in [0.15, 0.2) is 72.8 Å². The Balaban J connectivity index is 1.58. The van der Waals surface area contributed by atoms with Crippen molar-refractivity contribution in [1.82, 2.24) is 0 Å². The van der Waals surface area contributed by atoms with Crippen molar-refractivity contribution in [1.29, 1.82) is 0 Å². The van der Waals surface area contributed by atoms with E-state index < -0.39 is 12.1 Å². The number of carbonyl (C=O) groups is 2. The number of carbonyl (C=O) groups excluding carboxylic acids is 2. The van der Waals surface area contributed by atoms with Gasteiger partial charge < -0.3 is 9.47 Å². The maximum atomic E-state index is 12.6. The normalized spacial score (nSPS) is 11.6. The predicted molar refractivity (Wildman–Crippen MR) is 117 cm³/mol. The number of Topliss-reactive ketones (excluding diaryl/α,β-unsaturated/α-hetero) is 1. The SMILES string of the molecule is Cc1ccc(C(=O)[C@H](C)OC(=O)COc2ccccc2Cc2ccccc2)cc1C. The summed E-state index contributed by atoms with van der Waals surface area (Å²) >= 11 is 0. The van der Waals surface area contributed by atoms with Gasteiger partial charge in [0, 0.05) is 12.0 Å². The van der Waals surface area contributed by atoms with Crippen LogP contribution in [0.5, 0.6) is 5.75 Å². The highest BCUT2D eigenvalue weighted by Gasteiger charge is 2.20. The third kappa shape index (κ3) is 5.57. The summed E-state index contributed by atoms with van der Waals surface area (Å²) in [6.45, 7) is 5.26. The van der Waals surface area contributed by atoms with E-state index in [4.69, 9.17) is 9.47 Å². The highest BCUT2D eigenvalue weighted by Crippen LogP contribution is 2.21. The molecule has 0 amide bonds. The summed E-state index contributed by atoms with van der Waals surface area (Å²) in [7, 11) is 0. The quantitative estimate of drug-likeness (QED) is 0.389. The number of hydrogen-bond donors (Lipinski definition) is 0. The Morgan fingerprint density at radius 3 is 2.30 bits per heavy atom. The summed E-state index contributed by atoms with van der Waals surface area (Å²) < 4.78 is 11.0. The molecule has 4 nitrogen and oxygen atoms in total. The fourth-order valence-electron chi connectivity index (χ4n) is 3.16. The molecule has 0 aliphatic rings. The molecular formula is C26H26O4. The number of rotatable bonds is 8. The molecule has 0 aliphatic carbocycles. The smallest absolute Gasteiger partial charge is 0.344 e. The number of esters is 1. The molecule has 0 saturated carbocycles. The minimum Gasteiger partial charge on any atom is -0.482 e. The Labute approximate surface area is 177 Å². The van der Waals surface area contributed by atoms with Gasteiger partial charge in [0.25, 0.3) is 0 Å². The molecule has 0 N–H and O–H groups in total. The first-order chi connectivity index (χ1) is 14.4. The van der Waals surface area contributed by atoms with Crippen LogP contribution in [-0.2, 0) is 16.0 Å². The summed E-state index contributed by atoms with van der Waals surface area (Å²) in [5, 5.41) is 0. The third-order valence-electron chi connectivity index (χ3n) is 5.02. The van der Waals surface area contributed by atoms with E-state index >= 15 is 0 Å². The summed E-state index contributed by atoms with van der Waals surface area (Å²) in [4.78, 5) is 24.8. The molecule has 0 heterocycles. The summed E-state index contributed by atoms with van der Waals surface area (Å²) in [5.41, 5.74) is 4.81. The molecule has 3 aromatic rings. The number of ether oxygens (including phenoxy) is 2. The van der Waals surface area contributed by atoms with E-state index in [1.165, 1.54) is 0 Å². The van der Waals surface area contributed by atoms with Gasteiger partial charge in [-0.15, -0.1) is 0 Å². The minimum atomic E-state index is -0.872. The molecule has 0 bridgehead atoms. The van der Waals surface area contributed by atoms with E-state index in [0.29, 0.717) is 17.7 Å². The lowest BCUT2D eigenvalue weighted by molar-refractivity contribution is -0.148. The Morgan fingerprint density at radius 1 is 0.867 bits per heavy atom. The van der Waals surface area contributed by atoms with Crippen molar-refractivity contribution in [3.8, 4) is 5.75 Å². The van der Waals surface area contributed by atoms with Crippen LogP contribution in [0.4, 0.5) is 0 Å². The van der Waals surface area contributed by atoms with Gasteiger partial charge in [0.1, 0.15) is 5.75 Å². The van der Waals surface area contributed by atoms with Crippen molar-refractivity contribution >= 4 is 11.8 Å². The lowest BCUT2D eigenvalue weighted by Gasteiger charge is -2.15. The van der Waals surface area contributed by atoms with E-state index in [2.05, 4.69) is 0 Å². The first kappa shape index (κ1) is 21.3. The molecule has 0 aliphatic heterocycles. The van der Waals surface area contributed by atoms with Gasteiger partial charge in [0.05, 0.1) is 0 Å². The zero-order valence-corrected chi connectivity index (χ0v) is 17.6. The van der Waals surface area contributed by atoms with Gasteiger partial charge in [-0.2, -0.15) is 0 Å². The lowest BCUT2D eigenvalue weighted by Crippen LogP contribution is -2.27. The highest BCUT2D eigenvalue weighted by atomic mass is 16.6. The van der Waals surface area contributed by atoms with E-state index in [0.717, 1.165) is 22.3 Å². The van der Waals surface area contributed by atoms with Crippen molar-refractivity contribution in [2.45, 2.75) is 33.3 Å². The van der Waals surface area contributed by atoms with E-state index in [1.54, 1.807) is 13.0 Å². The molecular weight excluding hydrogens is 376 g/mol. The predicted octanol–water partition coefficient (Wildman–Crippen LogP) is 5.09. The number of ketones is 1. The molecule has 30 heavy (non-hydrogen) atoms. The maximum absolute atomic E-state index is 12.6. The van der Waals surface area contributed by atoms with Crippen molar-refractivity contribution < 1.29 is 19.1 Å². The molecule has 0 saturated heterocycles. The zero-order chi connectivity index (χ0) is 21.5. The molecule has 3 rings (SSSR count). The van der Waals surface area contributed by atoms with Crippen molar-refractivity contribution in [3.63, 3.8) is 0 Å². The average Bonchev–Trinajstić information content (AvgIpc) is 2.75. The molecule has 3 aromatic carbocycles. The van der Waals surface area contributed by atoms with E-state index in [-0.39, 0.29) is 12.4 Å². The molecule has 0 aromatic heterocycles. The molecule has 1 atom stereocenters. The highest BCUT2D eigenvalue weighted by molar-refractivity contribution is 6.00. The Bertz CT molecular complexity index is 1020. The third-order valence-corrected chi connectivity index (χ3v) is 5.02. The fraction of sp³-hybridized carbons (Fsp3) is 0.231. The van der Waals surface area contributed by atoms with Crippen LogP contribution in [0, 0.1) is 13.8 Å². The Kier molecular flexibility index (Phi) is 7.02. The van der Waals surface area contributed by atoms with E-state index in [9.17, 15) is 9.59 Å². The zero-order valence-electron chi connectivity index (χ0n) is 17.6. The maximum Gasteiger partial charge on any atom is 0.344 e. The molecule has 4 heteroatoms. The second-order valence-electron chi connectivity index (χ2n) is 7.35. The largest absolute Gasteiger partial charge is 0.482 e. The van der Waals surface area contributed by atoms with Crippen LogP contribution < -0.4 is 4.74 Å². The number of aryl methyl sites for hydroxylation is 2. The minimum absolute atomic E-state index is 0.226. The second kappa shape index (κ2) is 9.88. The van der Waals surface area contributed by atoms with Crippen LogP contribution in [-0.4, -0.2) is 24.5 Å². The Morgan fingerprint density at radius 2 is 1.57 bits per heavy atom.